The third-order valence-corrected chi connectivity index (χ3v) is 14.1. The SMILES string of the molecule is CCCCC[C]1CCC(C2CCC(COOC(COC(=O)C3CCC([C]4CCC(CCCCC)CC4)CC3)C3CCCCC3)CC2)CC1. The number of unbranched alkanes of at least 4 members (excludes halogenated alkanes) is 4. The first-order valence-corrected chi connectivity index (χ1v) is 21.8. The maximum Gasteiger partial charge on any atom is 0.309 e. The Hall–Kier alpha value is -0.610. The van der Waals surface area contributed by atoms with Gasteiger partial charge in [-0.15, -0.1) is 0 Å². The summed E-state index contributed by atoms with van der Waals surface area (Å²) in [5, 5.41) is 0. The number of hydrogen-bond donors (Lipinski definition) is 0. The molecular weight excluding hydrogens is 592 g/mol. The summed E-state index contributed by atoms with van der Waals surface area (Å²) in [6, 6.07) is 0. The summed E-state index contributed by atoms with van der Waals surface area (Å²) >= 11 is 0. The summed E-state index contributed by atoms with van der Waals surface area (Å²) in [7, 11) is 0. The molecule has 5 aliphatic carbocycles. The van der Waals surface area contributed by atoms with E-state index in [0.29, 0.717) is 25.0 Å². The molecular formula is C44H76O4. The summed E-state index contributed by atoms with van der Waals surface area (Å²) < 4.78 is 6.04. The molecule has 0 spiro atoms. The van der Waals surface area contributed by atoms with Crippen LogP contribution in [0.4, 0.5) is 0 Å². The van der Waals surface area contributed by atoms with Crippen molar-refractivity contribution in [2.45, 2.75) is 206 Å². The van der Waals surface area contributed by atoms with Gasteiger partial charge in [-0.2, -0.15) is 0 Å². The fourth-order valence-corrected chi connectivity index (χ4v) is 10.6. The van der Waals surface area contributed by atoms with E-state index in [1.54, 1.807) is 0 Å². The number of carbonyl (C=O) groups excluding carboxylic acids is 1. The van der Waals surface area contributed by atoms with E-state index in [-0.39, 0.29) is 18.0 Å². The topological polar surface area (TPSA) is 44.8 Å². The fraction of sp³-hybridized carbons (Fsp3) is 0.932. The Morgan fingerprint density at radius 1 is 0.667 bits per heavy atom. The molecule has 5 fully saturated rings. The van der Waals surface area contributed by atoms with Crippen LogP contribution in [0.15, 0.2) is 0 Å². The number of hydrogen-bond acceptors (Lipinski definition) is 4. The molecule has 0 aromatic heterocycles. The number of rotatable bonds is 18. The highest BCUT2D eigenvalue weighted by Gasteiger charge is 2.35. The smallest absolute Gasteiger partial charge is 0.309 e. The van der Waals surface area contributed by atoms with Crippen molar-refractivity contribution in [1.29, 1.82) is 0 Å². The van der Waals surface area contributed by atoms with E-state index in [2.05, 4.69) is 13.8 Å². The van der Waals surface area contributed by atoms with Gasteiger partial charge in [-0.05, 0) is 169 Å². The van der Waals surface area contributed by atoms with Crippen LogP contribution in [0.2, 0.25) is 0 Å². The van der Waals surface area contributed by atoms with Crippen molar-refractivity contribution in [2.24, 2.45) is 41.4 Å². The van der Waals surface area contributed by atoms with Crippen LogP contribution in [0.1, 0.15) is 200 Å². The van der Waals surface area contributed by atoms with Gasteiger partial charge in [0.15, 0.2) is 0 Å². The van der Waals surface area contributed by atoms with Crippen molar-refractivity contribution in [3.05, 3.63) is 11.8 Å². The molecule has 1 atom stereocenters. The Morgan fingerprint density at radius 3 is 2.02 bits per heavy atom. The number of carbonyl (C=O) groups is 1. The first-order valence-electron chi connectivity index (χ1n) is 21.8. The predicted molar refractivity (Wildman–Crippen MR) is 198 cm³/mol. The van der Waals surface area contributed by atoms with Crippen molar-refractivity contribution < 1.29 is 19.3 Å². The molecule has 0 saturated heterocycles. The summed E-state index contributed by atoms with van der Waals surface area (Å²) in [6.07, 6.45) is 38.0. The minimum atomic E-state index is -0.116. The van der Waals surface area contributed by atoms with E-state index in [1.807, 2.05) is 11.8 Å². The summed E-state index contributed by atoms with van der Waals surface area (Å²) in [5.41, 5.74) is 0. The average molecular weight is 669 g/mol. The van der Waals surface area contributed by atoms with Crippen LogP contribution in [-0.4, -0.2) is 25.3 Å². The third-order valence-electron chi connectivity index (χ3n) is 14.1. The summed E-state index contributed by atoms with van der Waals surface area (Å²) in [6.45, 7) is 5.69. The van der Waals surface area contributed by atoms with Crippen molar-refractivity contribution >= 4 is 5.97 Å². The molecule has 0 aliphatic heterocycles. The Labute approximate surface area is 297 Å². The minimum Gasteiger partial charge on any atom is -0.463 e. The Kier molecular flexibility index (Phi) is 17.4. The molecule has 5 aliphatic rings. The van der Waals surface area contributed by atoms with Crippen LogP contribution in [0.5, 0.6) is 0 Å². The van der Waals surface area contributed by atoms with Gasteiger partial charge in [0.25, 0.3) is 0 Å². The molecule has 2 radical (unpaired) electrons. The molecule has 276 valence electrons. The Balaban J connectivity index is 0.964. The van der Waals surface area contributed by atoms with E-state index in [9.17, 15) is 4.79 Å². The van der Waals surface area contributed by atoms with Crippen LogP contribution in [0.25, 0.3) is 0 Å². The van der Waals surface area contributed by atoms with Crippen molar-refractivity contribution in [1.82, 2.24) is 0 Å². The van der Waals surface area contributed by atoms with Crippen LogP contribution in [0, 0.1) is 53.3 Å². The quantitative estimate of drug-likeness (QED) is 0.0631. The normalized spacial score (nSPS) is 30.0. The summed E-state index contributed by atoms with van der Waals surface area (Å²) in [5.74, 6) is 8.44. The van der Waals surface area contributed by atoms with Crippen LogP contribution < -0.4 is 0 Å². The van der Waals surface area contributed by atoms with Gasteiger partial charge in [-0.1, -0.05) is 78.1 Å². The molecule has 0 bridgehead atoms. The van der Waals surface area contributed by atoms with Gasteiger partial charge in [0.05, 0.1) is 12.5 Å². The first kappa shape index (κ1) is 38.6. The third kappa shape index (κ3) is 12.6. The second-order valence-electron chi connectivity index (χ2n) is 17.4. The maximum absolute atomic E-state index is 13.3. The Morgan fingerprint density at radius 2 is 1.33 bits per heavy atom. The van der Waals surface area contributed by atoms with Crippen molar-refractivity contribution in [3.63, 3.8) is 0 Å². The van der Waals surface area contributed by atoms with Gasteiger partial charge in [0, 0.05) is 0 Å². The summed E-state index contributed by atoms with van der Waals surface area (Å²) in [4.78, 5) is 25.5. The second kappa shape index (κ2) is 21.7. The molecule has 5 saturated carbocycles. The van der Waals surface area contributed by atoms with E-state index >= 15 is 0 Å². The lowest BCUT2D eigenvalue weighted by Gasteiger charge is -2.38. The molecule has 0 aromatic carbocycles. The maximum atomic E-state index is 13.3. The minimum absolute atomic E-state index is 0.0224. The molecule has 0 amide bonds. The largest absolute Gasteiger partial charge is 0.463 e. The van der Waals surface area contributed by atoms with Crippen LogP contribution in [0.3, 0.4) is 0 Å². The Bertz CT molecular complexity index is 836. The zero-order chi connectivity index (χ0) is 33.4. The second-order valence-corrected chi connectivity index (χ2v) is 17.4. The fourth-order valence-electron chi connectivity index (χ4n) is 10.6. The highest BCUT2D eigenvalue weighted by molar-refractivity contribution is 5.72. The highest BCUT2D eigenvalue weighted by atomic mass is 17.2. The zero-order valence-electron chi connectivity index (χ0n) is 31.7. The van der Waals surface area contributed by atoms with Crippen molar-refractivity contribution in [3.8, 4) is 0 Å². The van der Waals surface area contributed by atoms with E-state index < -0.39 is 0 Å². The zero-order valence-corrected chi connectivity index (χ0v) is 31.7. The molecule has 0 aromatic rings. The van der Waals surface area contributed by atoms with Gasteiger partial charge in [0.2, 0.25) is 0 Å². The molecule has 4 heteroatoms. The molecule has 0 N–H and O–H groups in total. The average Bonchev–Trinajstić information content (AvgIpc) is 3.14. The standard InChI is InChI=1S/C44H76O4/c1-3-5-8-12-34-16-22-37(23-17-34)39-26-20-36(21-27-39)32-47-48-43(41-14-10-7-11-15-41)33-46-44(45)42-30-28-40(29-31-42)38-24-18-35(19-25-38)13-9-6-4-2/h35-37,39-43H,3-33H2,1-2H3. The van der Waals surface area contributed by atoms with Gasteiger partial charge in [-0.25, -0.2) is 9.78 Å². The number of ether oxygens (including phenoxy) is 1. The van der Waals surface area contributed by atoms with Crippen LogP contribution in [-0.2, 0) is 19.3 Å². The number of esters is 1. The van der Waals surface area contributed by atoms with E-state index in [1.165, 1.54) is 173 Å². The van der Waals surface area contributed by atoms with E-state index in [0.717, 1.165) is 36.5 Å². The molecule has 1 unspecified atom stereocenters. The molecule has 5 rings (SSSR count). The van der Waals surface area contributed by atoms with Gasteiger partial charge < -0.3 is 4.74 Å². The molecule has 48 heavy (non-hydrogen) atoms. The predicted octanol–water partition coefficient (Wildman–Crippen LogP) is 12.7. The van der Waals surface area contributed by atoms with Crippen molar-refractivity contribution in [2.75, 3.05) is 13.2 Å². The van der Waals surface area contributed by atoms with E-state index in [4.69, 9.17) is 14.5 Å². The highest BCUT2D eigenvalue weighted by Crippen LogP contribution is 2.45. The van der Waals surface area contributed by atoms with Gasteiger partial charge >= 0.3 is 5.97 Å². The molecule has 0 heterocycles. The van der Waals surface area contributed by atoms with Gasteiger partial charge in [0.1, 0.15) is 12.7 Å². The van der Waals surface area contributed by atoms with Crippen LogP contribution >= 0.6 is 0 Å². The lowest BCUT2D eigenvalue weighted by molar-refractivity contribution is -0.346. The lowest BCUT2D eigenvalue weighted by atomic mass is 9.68. The first-order chi connectivity index (χ1) is 23.6. The monoisotopic (exact) mass is 669 g/mol. The van der Waals surface area contributed by atoms with Gasteiger partial charge in [-0.3, -0.25) is 4.79 Å². The lowest BCUT2D eigenvalue weighted by Crippen LogP contribution is -2.35. The molecule has 4 nitrogen and oxygen atoms in total.